The molecule has 0 aromatic carbocycles. The molecule has 1 heterocycles. The van der Waals surface area contributed by atoms with Crippen molar-refractivity contribution in [2.24, 2.45) is 11.7 Å². The van der Waals surface area contributed by atoms with E-state index in [1.165, 1.54) is 0 Å². The fourth-order valence-corrected chi connectivity index (χ4v) is 3.11. The molecule has 0 saturated heterocycles. The summed E-state index contributed by atoms with van der Waals surface area (Å²) in [6.45, 7) is 10.6. The van der Waals surface area contributed by atoms with Crippen LogP contribution in [0.25, 0.3) is 0 Å². The van der Waals surface area contributed by atoms with Gasteiger partial charge in [-0.2, -0.15) is 0 Å². The molecule has 1 atom stereocenters. The van der Waals surface area contributed by atoms with E-state index in [9.17, 15) is 0 Å². The first-order valence-corrected chi connectivity index (χ1v) is 8.03. The Hall–Kier alpha value is -0.320. The second-order valence-electron chi connectivity index (χ2n) is 5.45. The minimum absolute atomic E-state index is 0.150. The van der Waals surface area contributed by atoms with Crippen molar-refractivity contribution in [3.8, 4) is 0 Å². The number of nitrogens with zero attached hydrogens (tertiary/aromatic N) is 1. The second-order valence-corrected chi connectivity index (χ2v) is 6.30. The predicted octanol–water partition coefficient (Wildman–Crippen LogP) is 4.19. The van der Waals surface area contributed by atoms with Crippen LogP contribution < -0.4 is 5.73 Å². The summed E-state index contributed by atoms with van der Waals surface area (Å²) in [4.78, 5) is 2.51. The maximum atomic E-state index is 6.03. The van der Waals surface area contributed by atoms with Crippen molar-refractivity contribution < 1.29 is 4.42 Å². The molecule has 1 unspecified atom stereocenters. The summed E-state index contributed by atoms with van der Waals surface area (Å²) >= 11 is 3.56. The monoisotopic (exact) mass is 330 g/mol. The summed E-state index contributed by atoms with van der Waals surface area (Å²) in [5, 5.41) is 0. The van der Waals surface area contributed by atoms with Gasteiger partial charge in [-0.05, 0) is 40.8 Å². The Labute approximate surface area is 125 Å². The molecule has 1 aromatic heterocycles. The highest BCUT2D eigenvalue weighted by atomic mass is 79.9. The van der Waals surface area contributed by atoms with Crippen molar-refractivity contribution in [3.05, 3.63) is 22.6 Å². The lowest BCUT2D eigenvalue weighted by atomic mass is 10.0. The lowest BCUT2D eigenvalue weighted by molar-refractivity contribution is 0.0987. The molecule has 1 rings (SSSR count). The largest absolute Gasteiger partial charge is 0.466 e. The van der Waals surface area contributed by atoms with Crippen LogP contribution in [0.3, 0.4) is 0 Å². The molecular weight excluding hydrogens is 304 g/mol. The third-order valence-electron chi connectivity index (χ3n) is 3.56. The molecule has 0 bridgehead atoms. The zero-order valence-corrected chi connectivity index (χ0v) is 14.1. The number of rotatable bonds is 8. The van der Waals surface area contributed by atoms with Gasteiger partial charge in [-0.15, -0.1) is 0 Å². The van der Waals surface area contributed by atoms with Crippen LogP contribution in [0.5, 0.6) is 0 Å². The Balaban J connectivity index is 3.02. The fourth-order valence-electron chi connectivity index (χ4n) is 2.65. The average Bonchev–Trinajstić information content (AvgIpc) is 2.77. The number of halogens is 1. The lowest BCUT2D eigenvalue weighted by Gasteiger charge is -2.37. The van der Waals surface area contributed by atoms with E-state index in [2.05, 4.69) is 48.5 Å². The molecule has 2 N–H and O–H groups in total. The van der Waals surface area contributed by atoms with Crippen LogP contribution in [0.4, 0.5) is 0 Å². The topological polar surface area (TPSA) is 42.4 Å². The molecule has 110 valence electrons. The molecule has 3 nitrogen and oxygen atoms in total. The van der Waals surface area contributed by atoms with Crippen LogP contribution in [0.2, 0.25) is 0 Å². The molecule has 4 heteroatoms. The molecule has 1 aromatic rings. The highest BCUT2D eigenvalue weighted by Crippen LogP contribution is 2.31. The van der Waals surface area contributed by atoms with E-state index in [1.54, 1.807) is 6.26 Å². The molecule has 0 fully saturated rings. The third-order valence-corrected chi connectivity index (χ3v) is 4.21. The van der Waals surface area contributed by atoms with Gasteiger partial charge < -0.3 is 10.2 Å². The summed E-state index contributed by atoms with van der Waals surface area (Å²) in [7, 11) is 0. The van der Waals surface area contributed by atoms with Crippen molar-refractivity contribution in [3.63, 3.8) is 0 Å². The van der Waals surface area contributed by atoms with Gasteiger partial charge in [0.25, 0.3) is 0 Å². The van der Waals surface area contributed by atoms with Gasteiger partial charge in [0.2, 0.25) is 0 Å². The number of furan rings is 1. The highest BCUT2D eigenvalue weighted by molar-refractivity contribution is 9.10. The first-order valence-electron chi connectivity index (χ1n) is 7.23. The van der Waals surface area contributed by atoms with Gasteiger partial charge in [0.05, 0.1) is 16.8 Å². The Morgan fingerprint density at radius 3 is 2.32 bits per heavy atom. The fraction of sp³-hybridized carbons (Fsp3) is 0.733. The maximum absolute atomic E-state index is 6.03. The molecule has 0 spiro atoms. The normalized spacial score (nSPS) is 13.7. The molecule has 0 radical (unpaired) electrons. The summed E-state index contributed by atoms with van der Waals surface area (Å²) in [6.07, 6.45) is 4.00. The van der Waals surface area contributed by atoms with Gasteiger partial charge in [-0.3, -0.25) is 4.90 Å². The smallest absolute Gasteiger partial charge is 0.136 e. The Bertz CT molecular complexity index is 361. The first kappa shape index (κ1) is 16.7. The summed E-state index contributed by atoms with van der Waals surface area (Å²) < 4.78 is 6.67. The molecular formula is C15H27BrN2O. The molecule has 0 saturated carbocycles. The number of nitrogens with two attached hydrogens (primary N) is 1. The van der Waals surface area contributed by atoms with Crippen LogP contribution in [-0.4, -0.2) is 24.0 Å². The van der Waals surface area contributed by atoms with E-state index in [4.69, 9.17) is 10.2 Å². The third kappa shape index (κ3) is 4.33. The zero-order valence-electron chi connectivity index (χ0n) is 12.5. The quantitative estimate of drug-likeness (QED) is 0.777. The van der Waals surface area contributed by atoms with Gasteiger partial charge in [0.1, 0.15) is 5.76 Å². The number of hydrogen-bond acceptors (Lipinski definition) is 3. The van der Waals surface area contributed by atoms with Crippen LogP contribution in [0.15, 0.2) is 21.2 Å². The second kappa shape index (κ2) is 8.08. The Kier molecular flexibility index (Phi) is 7.11. The van der Waals surface area contributed by atoms with E-state index in [0.29, 0.717) is 18.5 Å². The number of hydrogen-bond donors (Lipinski definition) is 1. The van der Waals surface area contributed by atoms with Gasteiger partial charge in [0, 0.05) is 19.1 Å². The van der Waals surface area contributed by atoms with Gasteiger partial charge in [-0.1, -0.05) is 27.7 Å². The van der Waals surface area contributed by atoms with Crippen molar-refractivity contribution in [1.29, 1.82) is 0 Å². The van der Waals surface area contributed by atoms with Gasteiger partial charge in [-0.25, -0.2) is 0 Å². The van der Waals surface area contributed by atoms with Gasteiger partial charge in [0.15, 0.2) is 0 Å². The van der Waals surface area contributed by atoms with E-state index in [-0.39, 0.29) is 6.04 Å². The minimum Gasteiger partial charge on any atom is -0.466 e. The van der Waals surface area contributed by atoms with E-state index in [1.807, 2.05) is 6.07 Å². The maximum Gasteiger partial charge on any atom is 0.136 e. The summed E-state index contributed by atoms with van der Waals surface area (Å²) in [5.41, 5.74) is 6.03. The SMILES string of the molecule is CCC(CC)N(CC(C)C)C(CN)c1occc1Br. The standard InChI is InChI=1S/C15H27BrN2O/c1-5-12(6-2)18(10-11(3)4)14(9-17)15-13(16)7-8-19-15/h7-8,11-12,14H,5-6,9-10,17H2,1-4H3. The molecule has 0 amide bonds. The van der Waals surface area contributed by atoms with Gasteiger partial charge >= 0.3 is 0 Å². The van der Waals surface area contributed by atoms with E-state index in [0.717, 1.165) is 29.6 Å². The summed E-state index contributed by atoms with van der Waals surface area (Å²) in [6, 6.07) is 2.64. The predicted molar refractivity (Wildman–Crippen MR) is 84.1 cm³/mol. The molecule has 19 heavy (non-hydrogen) atoms. The van der Waals surface area contributed by atoms with E-state index < -0.39 is 0 Å². The highest BCUT2D eigenvalue weighted by Gasteiger charge is 2.28. The van der Waals surface area contributed by atoms with Crippen LogP contribution in [-0.2, 0) is 0 Å². The van der Waals surface area contributed by atoms with Crippen molar-refractivity contribution in [1.82, 2.24) is 4.90 Å². The molecule has 0 aliphatic carbocycles. The average molecular weight is 331 g/mol. The zero-order chi connectivity index (χ0) is 14.4. The van der Waals surface area contributed by atoms with Crippen molar-refractivity contribution >= 4 is 15.9 Å². The van der Waals surface area contributed by atoms with Crippen molar-refractivity contribution in [2.75, 3.05) is 13.1 Å². The minimum atomic E-state index is 0.150. The van der Waals surface area contributed by atoms with E-state index >= 15 is 0 Å². The first-order chi connectivity index (χ1) is 9.04. The van der Waals surface area contributed by atoms with Crippen molar-refractivity contribution in [2.45, 2.75) is 52.6 Å². The van der Waals surface area contributed by atoms with Crippen LogP contribution >= 0.6 is 15.9 Å². The Morgan fingerprint density at radius 2 is 1.95 bits per heavy atom. The lowest BCUT2D eigenvalue weighted by Crippen LogP contribution is -2.43. The summed E-state index contributed by atoms with van der Waals surface area (Å²) in [5.74, 6) is 1.57. The van der Waals surface area contributed by atoms with Crippen LogP contribution in [0.1, 0.15) is 52.3 Å². The molecule has 0 aliphatic rings. The van der Waals surface area contributed by atoms with Crippen LogP contribution in [0, 0.1) is 5.92 Å². The Morgan fingerprint density at radius 1 is 1.32 bits per heavy atom. The molecule has 0 aliphatic heterocycles.